The number of hydrogen-bond donors (Lipinski definition) is 2. The zero-order chi connectivity index (χ0) is 18.6. The highest BCUT2D eigenvalue weighted by Gasteiger charge is 2.09. The number of aromatic amines is 1. The first kappa shape index (κ1) is 17.0. The molecule has 0 bridgehead atoms. The van der Waals surface area contributed by atoms with Gasteiger partial charge < -0.3 is 5.32 Å². The van der Waals surface area contributed by atoms with Crippen molar-refractivity contribution < 1.29 is 0 Å². The third kappa shape index (κ3) is 3.72. The van der Waals surface area contributed by atoms with Crippen LogP contribution in [0.2, 0.25) is 0 Å². The van der Waals surface area contributed by atoms with Crippen molar-refractivity contribution in [3.8, 4) is 22.5 Å². The SMILES string of the molecule is Cc1cccc(C)c1-c1ccnc(NCc2cc(-c3ccccc3)[nH]n2)n1. The average molecular weight is 355 g/mol. The Bertz CT molecular complexity index is 1030. The largest absolute Gasteiger partial charge is 0.348 e. The van der Waals surface area contributed by atoms with Crippen LogP contribution in [0.3, 0.4) is 0 Å². The lowest BCUT2D eigenvalue weighted by Crippen LogP contribution is -2.04. The van der Waals surface area contributed by atoms with Gasteiger partial charge in [0, 0.05) is 11.8 Å². The number of H-pyrrole nitrogens is 1. The van der Waals surface area contributed by atoms with Crippen LogP contribution in [0.15, 0.2) is 66.9 Å². The number of hydrogen-bond acceptors (Lipinski definition) is 4. The molecule has 0 saturated heterocycles. The van der Waals surface area contributed by atoms with Gasteiger partial charge in [-0.2, -0.15) is 5.10 Å². The van der Waals surface area contributed by atoms with Gasteiger partial charge in [-0.25, -0.2) is 9.97 Å². The lowest BCUT2D eigenvalue weighted by Gasteiger charge is -2.10. The van der Waals surface area contributed by atoms with Crippen molar-refractivity contribution in [1.29, 1.82) is 0 Å². The monoisotopic (exact) mass is 355 g/mol. The minimum absolute atomic E-state index is 0.555. The Morgan fingerprint density at radius 3 is 2.48 bits per heavy atom. The van der Waals surface area contributed by atoms with Crippen LogP contribution in [0.25, 0.3) is 22.5 Å². The Labute approximate surface area is 158 Å². The second-order valence-electron chi connectivity index (χ2n) is 6.52. The molecule has 2 aromatic carbocycles. The molecule has 5 heteroatoms. The van der Waals surface area contributed by atoms with Crippen LogP contribution in [-0.4, -0.2) is 20.2 Å². The Kier molecular flexibility index (Phi) is 4.66. The Hall–Kier alpha value is -3.47. The molecule has 27 heavy (non-hydrogen) atoms. The van der Waals surface area contributed by atoms with Crippen LogP contribution in [0.4, 0.5) is 5.95 Å². The van der Waals surface area contributed by atoms with Crippen LogP contribution in [-0.2, 0) is 6.54 Å². The highest BCUT2D eigenvalue weighted by molar-refractivity contribution is 5.68. The predicted molar refractivity (Wildman–Crippen MR) is 108 cm³/mol. The molecule has 2 N–H and O–H groups in total. The van der Waals surface area contributed by atoms with Crippen molar-refractivity contribution in [2.75, 3.05) is 5.32 Å². The third-order valence-electron chi connectivity index (χ3n) is 4.54. The van der Waals surface area contributed by atoms with E-state index in [0.717, 1.165) is 28.2 Å². The van der Waals surface area contributed by atoms with Gasteiger partial charge in [-0.15, -0.1) is 0 Å². The first-order chi connectivity index (χ1) is 13.2. The number of rotatable bonds is 5. The van der Waals surface area contributed by atoms with Crippen molar-refractivity contribution in [2.24, 2.45) is 0 Å². The summed E-state index contributed by atoms with van der Waals surface area (Å²) in [5, 5.41) is 10.7. The third-order valence-corrected chi connectivity index (χ3v) is 4.54. The van der Waals surface area contributed by atoms with Crippen LogP contribution >= 0.6 is 0 Å². The quantitative estimate of drug-likeness (QED) is 0.541. The van der Waals surface area contributed by atoms with Gasteiger partial charge in [0.15, 0.2) is 0 Å². The summed E-state index contributed by atoms with van der Waals surface area (Å²) in [5.41, 5.74) is 7.53. The van der Waals surface area contributed by atoms with Gasteiger partial charge >= 0.3 is 0 Å². The van der Waals surface area contributed by atoms with Gasteiger partial charge in [0.25, 0.3) is 0 Å². The lowest BCUT2D eigenvalue weighted by atomic mass is 10.00. The minimum Gasteiger partial charge on any atom is -0.348 e. The molecule has 0 aliphatic heterocycles. The van der Waals surface area contributed by atoms with Gasteiger partial charge in [-0.3, -0.25) is 5.10 Å². The van der Waals surface area contributed by atoms with E-state index in [2.05, 4.69) is 69.7 Å². The number of benzene rings is 2. The number of anilines is 1. The summed E-state index contributed by atoms with van der Waals surface area (Å²) in [5.74, 6) is 0.597. The normalized spacial score (nSPS) is 10.7. The highest BCUT2D eigenvalue weighted by atomic mass is 15.2. The van der Waals surface area contributed by atoms with E-state index in [1.165, 1.54) is 11.1 Å². The van der Waals surface area contributed by atoms with Crippen LogP contribution in [0.1, 0.15) is 16.8 Å². The van der Waals surface area contributed by atoms with Crippen LogP contribution in [0, 0.1) is 13.8 Å². The molecular weight excluding hydrogens is 334 g/mol. The summed E-state index contributed by atoms with van der Waals surface area (Å²) < 4.78 is 0. The molecule has 0 atom stereocenters. The van der Waals surface area contributed by atoms with E-state index >= 15 is 0 Å². The lowest BCUT2D eigenvalue weighted by molar-refractivity contribution is 0.963. The Morgan fingerprint density at radius 2 is 1.70 bits per heavy atom. The molecule has 0 spiro atoms. The second kappa shape index (κ2) is 7.41. The van der Waals surface area contributed by atoms with Gasteiger partial charge in [0.1, 0.15) is 0 Å². The average Bonchev–Trinajstić information content (AvgIpc) is 3.16. The molecule has 4 aromatic rings. The van der Waals surface area contributed by atoms with E-state index in [9.17, 15) is 0 Å². The zero-order valence-corrected chi connectivity index (χ0v) is 15.4. The van der Waals surface area contributed by atoms with Crippen molar-refractivity contribution in [1.82, 2.24) is 20.2 Å². The zero-order valence-electron chi connectivity index (χ0n) is 15.4. The maximum Gasteiger partial charge on any atom is 0.223 e. The number of nitrogens with one attached hydrogen (secondary N) is 2. The van der Waals surface area contributed by atoms with Crippen molar-refractivity contribution in [3.05, 3.63) is 83.7 Å². The van der Waals surface area contributed by atoms with E-state index < -0.39 is 0 Å². The molecular formula is C22H21N5. The molecule has 2 aromatic heterocycles. The molecule has 0 unspecified atom stereocenters. The molecule has 2 heterocycles. The number of aryl methyl sites for hydroxylation is 2. The first-order valence-electron chi connectivity index (χ1n) is 8.94. The Morgan fingerprint density at radius 1 is 0.926 bits per heavy atom. The second-order valence-corrected chi connectivity index (χ2v) is 6.52. The minimum atomic E-state index is 0.555. The molecule has 0 aliphatic rings. The topological polar surface area (TPSA) is 66.5 Å². The summed E-state index contributed by atoms with van der Waals surface area (Å²) in [7, 11) is 0. The van der Waals surface area contributed by atoms with Gasteiger partial charge in [-0.05, 0) is 42.7 Å². The fourth-order valence-corrected chi connectivity index (χ4v) is 3.19. The molecule has 4 rings (SSSR count). The molecule has 0 saturated carbocycles. The van der Waals surface area contributed by atoms with E-state index in [-0.39, 0.29) is 0 Å². The van der Waals surface area contributed by atoms with Gasteiger partial charge in [-0.1, -0.05) is 48.5 Å². The maximum atomic E-state index is 4.68. The molecule has 0 amide bonds. The van der Waals surface area contributed by atoms with E-state index in [1.807, 2.05) is 30.3 Å². The van der Waals surface area contributed by atoms with Crippen molar-refractivity contribution in [3.63, 3.8) is 0 Å². The van der Waals surface area contributed by atoms with E-state index in [0.29, 0.717) is 12.5 Å². The Balaban J connectivity index is 1.51. The molecule has 0 aliphatic carbocycles. The van der Waals surface area contributed by atoms with Crippen molar-refractivity contribution in [2.45, 2.75) is 20.4 Å². The number of aromatic nitrogens is 4. The van der Waals surface area contributed by atoms with E-state index in [1.54, 1.807) is 6.20 Å². The van der Waals surface area contributed by atoms with E-state index in [4.69, 9.17) is 0 Å². The summed E-state index contributed by atoms with van der Waals surface area (Å²) in [6, 6.07) is 20.4. The summed E-state index contributed by atoms with van der Waals surface area (Å²) in [4.78, 5) is 9.03. The fourth-order valence-electron chi connectivity index (χ4n) is 3.19. The highest BCUT2D eigenvalue weighted by Crippen LogP contribution is 2.25. The molecule has 134 valence electrons. The summed E-state index contributed by atoms with van der Waals surface area (Å²) in [6.07, 6.45) is 1.79. The predicted octanol–water partition coefficient (Wildman–Crippen LogP) is 4.76. The van der Waals surface area contributed by atoms with Gasteiger partial charge in [0.2, 0.25) is 5.95 Å². The standard InChI is InChI=1S/C22H21N5/c1-15-7-6-8-16(2)21(15)19-11-12-23-22(25-19)24-14-18-13-20(27-26-18)17-9-4-3-5-10-17/h3-13H,14H2,1-2H3,(H,26,27)(H,23,24,25). The fraction of sp³-hybridized carbons (Fsp3) is 0.136. The summed E-state index contributed by atoms with van der Waals surface area (Å²) in [6.45, 7) is 4.76. The smallest absolute Gasteiger partial charge is 0.223 e. The van der Waals surface area contributed by atoms with Crippen LogP contribution in [0.5, 0.6) is 0 Å². The van der Waals surface area contributed by atoms with Crippen molar-refractivity contribution >= 4 is 5.95 Å². The van der Waals surface area contributed by atoms with Crippen LogP contribution < -0.4 is 5.32 Å². The summed E-state index contributed by atoms with van der Waals surface area (Å²) >= 11 is 0. The molecule has 5 nitrogen and oxygen atoms in total. The maximum absolute atomic E-state index is 4.68. The first-order valence-corrected chi connectivity index (χ1v) is 8.94. The number of nitrogens with zero attached hydrogens (tertiary/aromatic N) is 3. The molecule has 0 fully saturated rings. The van der Waals surface area contributed by atoms with Gasteiger partial charge in [0.05, 0.1) is 23.6 Å². The molecule has 0 radical (unpaired) electrons.